The fourth-order valence-electron chi connectivity index (χ4n) is 2.50. The molecule has 7 nitrogen and oxygen atoms in total. The van der Waals surface area contributed by atoms with Crippen molar-refractivity contribution in [2.24, 2.45) is 5.41 Å². The Hall–Kier alpha value is -1.50. The minimum Gasteiger partial charge on any atom is -0.438 e. The third-order valence-electron chi connectivity index (χ3n) is 3.54. The molecule has 2 amide bonds. The van der Waals surface area contributed by atoms with E-state index in [1.807, 2.05) is 0 Å². The number of rotatable bonds is 1. The zero-order valence-electron chi connectivity index (χ0n) is 9.88. The highest BCUT2D eigenvalue weighted by Gasteiger charge is 2.55. The van der Waals surface area contributed by atoms with Gasteiger partial charge in [-0.15, -0.1) is 0 Å². The topological polar surface area (TPSA) is 79.3 Å². The van der Waals surface area contributed by atoms with Gasteiger partial charge < -0.3 is 14.4 Å². The second-order valence-electron chi connectivity index (χ2n) is 4.62. The van der Waals surface area contributed by atoms with E-state index >= 15 is 0 Å². The van der Waals surface area contributed by atoms with Crippen LogP contribution in [0.4, 0.5) is 9.59 Å². The molecule has 96 valence electrons. The van der Waals surface area contributed by atoms with Crippen LogP contribution < -0.4 is 0 Å². The first-order valence-corrected chi connectivity index (χ1v) is 5.48. The zero-order valence-corrected chi connectivity index (χ0v) is 9.88. The molecule has 1 atom stereocenters. The molecule has 1 saturated heterocycles. The first-order valence-electron chi connectivity index (χ1n) is 5.48. The molecule has 1 heterocycles. The van der Waals surface area contributed by atoms with Crippen LogP contribution in [0.25, 0.3) is 0 Å². The Labute approximate surface area is 98.8 Å². The van der Waals surface area contributed by atoms with Gasteiger partial charge in [0.25, 0.3) is 0 Å². The summed E-state index contributed by atoms with van der Waals surface area (Å²) in [4.78, 5) is 24.2. The Bertz CT molecular complexity index is 342. The Kier molecular flexibility index (Phi) is 2.86. The van der Waals surface area contributed by atoms with E-state index in [-0.39, 0.29) is 5.41 Å². The van der Waals surface area contributed by atoms with E-state index in [1.165, 1.54) is 12.0 Å². The standard InChI is InChI=1S/C10H16N2O5/c1-11-6-10(4-3-5-10)7(12(15)8(11)13)17-9(14)16-2/h7,15H,3-6H2,1-2H3. The number of hydroxylamine groups is 2. The van der Waals surface area contributed by atoms with E-state index in [4.69, 9.17) is 4.74 Å². The number of hydrogen-bond donors (Lipinski definition) is 1. The van der Waals surface area contributed by atoms with Crippen LogP contribution in [0.1, 0.15) is 19.3 Å². The third-order valence-corrected chi connectivity index (χ3v) is 3.54. The van der Waals surface area contributed by atoms with Crippen LogP contribution in [0.5, 0.6) is 0 Å². The van der Waals surface area contributed by atoms with Gasteiger partial charge >= 0.3 is 12.2 Å². The monoisotopic (exact) mass is 244 g/mol. The van der Waals surface area contributed by atoms with Crippen LogP contribution >= 0.6 is 0 Å². The van der Waals surface area contributed by atoms with Crippen molar-refractivity contribution in [2.45, 2.75) is 25.5 Å². The molecular formula is C10H16N2O5. The van der Waals surface area contributed by atoms with E-state index in [1.54, 1.807) is 7.05 Å². The van der Waals surface area contributed by atoms with Crippen molar-refractivity contribution in [3.05, 3.63) is 0 Å². The quantitative estimate of drug-likeness (QED) is 0.550. The Morgan fingerprint density at radius 3 is 2.65 bits per heavy atom. The molecule has 1 spiro atoms. The summed E-state index contributed by atoms with van der Waals surface area (Å²) in [7, 11) is 2.80. The lowest BCUT2D eigenvalue weighted by Crippen LogP contribution is -2.65. The van der Waals surface area contributed by atoms with E-state index in [9.17, 15) is 14.8 Å². The summed E-state index contributed by atoms with van der Waals surface area (Å²) in [6.07, 6.45) is 0.772. The summed E-state index contributed by atoms with van der Waals surface area (Å²) in [6.45, 7) is 0.477. The van der Waals surface area contributed by atoms with Crippen molar-refractivity contribution in [1.82, 2.24) is 9.96 Å². The molecule has 2 rings (SSSR count). The molecule has 2 fully saturated rings. The molecular weight excluding hydrogens is 228 g/mol. The highest BCUT2D eigenvalue weighted by atomic mass is 16.7. The molecule has 0 aromatic rings. The highest BCUT2D eigenvalue weighted by molar-refractivity contribution is 5.74. The largest absolute Gasteiger partial charge is 0.510 e. The lowest BCUT2D eigenvalue weighted by atomic mass is 9.66. The molecule has 1 aliphatic heterocycles. The molecule has 0 aromatic heterocycles. The molecule has 2 aliphatic rings. The van der Waals surface area contributed by atoms with Crippen molar-refractivity contribution >= 4 is 12.2 Å². The molecule has 7 heteroatoms. The number of carbonyl (C=O) groups is 2. The van der Waals surface area contributed by atoms with Crippen molar-refractivity contribution in [2.75, 3.05) is 20.7 Å². The van der Waals surface area contributed by atoms with Gasteiger partial charge in [0.1, 0.15) is 0 Å². The predicted molar refractivity (Wildman–Crippen MR) is 55.2 cm³/mol. The fourth-order valence-corrected chi connectivity index (χ4v) is 2.50. The number of urea groups is 1. The molecule has 1 saturated carbocycles. The molecule has 0 aromatic carbocycles. The van der Waals surface area contributed by atoms with Crippen molar-refractivity contribution in [1.29, 1.82) is 0 Å². The van der Waals surface area contributed by atoms with E-state index in [0.717, 1.165) is 19.3 Å². The maximum atomic E-state index is 11.6. The van der Waals surface area contributed by atoms with Gasteiger partial charge in [0.15, 0.2) is 0 Å². The maximum Gasteiger partial charge on any atom is 0.510 e. The fraction of sp³-hybridized carbons (Fsp3) is 0.800. The van der Waals surface area contributed by atoms with Crippen LogP contribution in [0.2, 0.25) is 0 Å². The first kappa shape index (κ1) is 12.0. The highest BCUT2D eigenvalue weighted by Crippen LogP contribution is 2.48. The van der Waals surface area contributed by atoms with Crippen LogP contribution in [0.15, 0.2) is 0 Å². The normalized spacial score (nSPS) is 26.8. The number of methoxy groups -OCH3 is 1. The van der Waals surface area contributed by atoms with Crippen LogP contribution in [0, 0.1) is 5.41 Å². The van der Waals surface area contributed by atoms with Crippen LogP contribution in [-0.2, 0) is 9.47 Å². The van der Waals surface area contributed by atoms with Gasteiger partial charge in [0, 0.05) is 19.0 Å². The molecule has 1 unspecified atom stereocenters. The Balaban J connectivity index is 2.18. The minimum absolute atomic E-state index is 0.369. The number of ether oxygens (including phenoxy) is 2. The summed E-state index contributed by atoms with van der Waals surface area (Å²) in [5.74, 6) is 0. The summed E-state index contributed by atoms with van der Waals surface area (Å²) < 4.78 is 9.40. The predicted octanol–water partition coefficient (Wildman–Crippen LogP) is 1.02. The first-order chi connectivity index (χ1) is 8.00. The van der Waals surface area contributed by atoms with Gasteiger partial charge in [-0.2, -0.15) is 5.06 Å². The average Bonchev–Trinajstić information content (AvgIpc) is 2.27. The second kappa shape index (κ2) is 4.06. The lowest BCUT2D eigenvalue weighted by Gasteiger charge is -2.53. The summed E-state index contributed by atoms with van der Waals surface area (Å²) in [5, 5.41) is 10.2. The summed E-state index contributed by atoms with van der Waals surface area (Å²) in [6, 6.07) is -0.573. The summed E-state index contributed by atoms with van der Waals surface area (Å²) >= 11 is 0. The van der Waals surface area contributed by atoms with Gasteiger partial charge in [-0.05, 0) is 12.8 Å². The van der Waals surface area contributed by atoms with Gasteiger partial charge in [0.2, 0.25) is 6.23 Å². The minimum atomic E-state index is -0.951. The van der Waals surface area contributed by atoms with E-state index in [2.05, 4.69) is 4.74 Å². The van der Waals surface area contributed by atoms with E-state index < -0.39 is 18.4 Å². The smallest absolute Gasteiger partial charge is 0.438 e. The molecule has 1 N–H and O–H groups in total. The van der Waals surface area contributed by atoms with Crippen molar-refractivity contribution in [3.63, 3.8) is 0 Å². The maximum absolute atomic E-state index is 11.6. The Morgan fingerprint density at radius 2 is 2.18 bits per heavy atom. The van der Waals surface area contributed by atoms with Crippen LogP contribution in [0.3, 0.4) is 0 Å². The SMILES string of the molecule is COC(=O)OC1N(O)C(=O)N(C)CC12CCC2. The van der Waals surface area contributed by atoms with Crippen LogP contribution in [-0.4, -0.2) is 54.3 Å². The number of nitrogens with zero attached hydrogens (tertiary/aromatic N) is 2. The van der Waals surface area contributed by atoms with Crippen molar-refractivity contribution < 1.29 is 24.3 Å². The molecule has 1 aliphatic carbocycles. The second-order valence-corrected chi connectivity index (χ2v) is 4.62. The van der Waals surface area contributed by atoms with Gasteiger partial charge in [0.05, 0.1) is 7.11 Å². The zero-order chi connectivity index (χ0) is 12.6. The Morgan fingerprint density at radius 1 is 1.53 bits per heavy atom. The number of hydrogen-bond acceptors (Lipinski definition) is 5. The van der Waals surface area contributed by atoms with E-state index in [0.29, 0.717) is 11.6 Å². The van der Waals surface area contributed by atoms with Gasteiger partial charge in [-0.1, -0.05) is 6.42 Å². The third kappa shape index (κ3) is 1.80. The molecule has 0 bridgehead atoms. The summed E-state index contributed by atoms with van der Waals surface area (Å²) in [5.41, 5.74) is -0.369. The van der Waals surface area contributed by atoms with Crippen molar-refractivity contribution in [3.8, 4) is 0 Å². The number of carbonyl (C=O) groups excluding carboxylic acids is 2. The molecule has 0 radical (unpaired) electrons. The lowest BCUT2D eigenvalue weighted by molar-refractivity contribution is -0.248. The van der Waals surface area contributed by atoms with Gasteiger partial charge in [-0.3, -0.25) is 5.21 Å². The van der Waals surface area contributed by atoms with Gasteiger partial charge in [-0.25, -0.2) is 9.59 Å². The number of amides is 2. The average molecular weight is 244 g/mol. The molecule has 17 heavy (non-hydrogen) atoms.